The van der Waals surface area contributed by atoms with Crippen LogP contribution in [0.1, 0.15) is 12.8 Å². The molecule has 1 unspecified atom stereocenters. The average Bonchev–Trinajstić information content (AvgIpc) is 2.63. The molecular formula is C20H22N4O. The van der Waals surface area contributed by atoms with Gasteiger partial charge in [-0.1, -0.05) is 24.3 Å². The van der Waals surface area contributed by atoms with Crippen LogP contribution in [0.3, 0.4) is 0 Å². The Kier molecular flexibility index (Phi) is 4.24. The normalized spacial score (nSPS) is 18.4. The molecule has 4 rings (SSSR count). The Labute approximate surface area is 147 Å². The van der Waals surface area contributed by atoms with Crippen molar-refractivity contribution in [1.82, 2.24) is 15.1 Å². The van der Waals surface area contributed by atoms with E-state index in [0.717, 1.165) is 47.4 Å². The fourth-order valence-electron chi connectivity index (χ4n) is 3.52. The molecule has 0 saturated carbocycles. The van der Waals surface area contributed by atoms with Crippen LogP contribution in [0.15, 0.2) is 48.5 Å². The van der Waals surface area contributed by atoms with Gasteiger partial charge in [-0.3, -0.25) is 0 Å². The van der Waals surface area contributed by atoms with Crippen LogP contribution in [0.2, 0.25) is 0 Å². The topological polar surface area (TPSA) is 61.3 Å². The van der Waals surface area contributed by atoms with E-state index in [4.69, 9.17) is 0 Å². The van der Waals surface area contributed by atoms with Crippen LogP contribution in [0.5, 0.6) is 5.75 Å². The minimum Gasteiger partial charge on any atom is -0.508 e. The van der Waals surface area contributed by atoms with Gasteiger partial charge in [0.2, 0.25) is 0 Å². The van der Waals surface area contributed by atoms with Gasteiger partial charge in [-0.2, -0.15) is 0 Å². The number of phenolic OH excluding ortho intramolecular Hbond substituents is 1. The molecule has 1 aliphatic heterocycles. The van der Waals surface area contributed by atoms with E-state index in [2.05, 4.69) is 39.6 Å². The van der Waals surface area contributed by atoms with E-state index in [1.165, 1.54) is 6.42 Å². The molecule has 1 fully saturated rings. The van der Waals surface area contributed by atoms with Crippen molar-refractivity contribution in [3.8, 4) is 17.0 Å². The number of piperidine rings is 1. The molecule has 2 aromatic carbocycles. The first-order valence-corrected chi connectivity index (χ1v) is 8.70. The van der Waals surface area contributed by atoms with E-state index >= 15 is 0 Å². The molecule has 0 radical (unpaired) electrons. The van der Waals surface area contributed by atoms with Crippen molar-refractivity contribution in [1.29, 1.82) is 0 Å². The summed E-state index contributed by atoms with van der Waals surface area (Å²) in [5.41, 5.74) is 1.78. The molecule has 5 nitrogen and oxygen atoms in total. The van der Waals surface area contributed by atoms with Crippen molar-refractivity contribution < 1.29 is 5.11 Å². The number of likely N-dealkylation sites (tertiary alicyclic amines) is 1. The molecule has 1 atom stereocenters. The number of aromatic nitrogens is 2. The fraction of sp³-hybridized carbons (Fsp3) is 0.300. The third-order valence-corrected chi connectivity index (χ3v) is 4.79. The lowest BCUT2D eigenvalue weighted by Crippen LogP contribution is -2.40. The monoisotopic (exact) mass is 334 g/mol. The molecular weight excluding hydrogens is 312 g/mol. The molecule has 0 bridgehead atoms. The number of nitrogens with zero attached hydrogens (tertiary/aromatic N) is 3. The van der Waals surface area contributed by atoms with Crippen LogP contribution < -0.4 is 5.32 Å². The van der Waals surface area contributed by atoms with Crippen molar-refractivity contribution in [2.24, 2.45) is 0 Å². The lowest BCUT2D eigenvalue weighted by molar-refractivity contribution is 0.261. The molecule has 0 spiro atoms. The van der Waals surface area contributed by atoms with Gasteiger partial charge in [0, 0.05) is 28.9 Å². The van der Waals surface area contributed by atoms with Gasteiger partial charge < -0.3 is 15.3 Å². The average molecular weight is 334 g/mol. The summed E-state index contributed by atoms with van der Waals surface area (Å²) in [6.07, 6.45) is 2.35. The standard InChI is InChI=1S/C20H22N4O/c1-24-12-4-5-15(13-24)21-20-18-7-3-2-6-17(18)19(22-23-20)14-8-10-16(25)11-9-14/h2-3,6-11,15,25H,4-5,12-13H2,1H3,(H,21,23). The summed E-state index contributed by atoms with van der Waals surface area (Å²) < 4.78 is 0. The number of benzene rings is 2. The predicted octanol–water partition coefficient (Wildman–Crippen LogP) is 3.51. The van der Waals surface area contributed by atoms with Gasteiger partial charge in [0.15, 0.2) is 5.82 Å². The number of anilines is 1. The second kappa shape index (κ2) is 6.69. The first-order valence-electron chi connectivity index (χ1n) is 8.70. The number of aromatic hydroxyl groups is 1. The number of nitrogens with one attached hydrogen (secondary N) is 1. The molecule has 2 heterocycles. The number of hydrogen-bond acceptors (Lipinski definition) is 5. The molecule has 25 heavy (non-hydrogen) atoms. The molecule has 128 valence electrons. The molecule has 1 aliphatic rings. The minimum atomic E-state index is 0.251. The van der Waals surface area contributed by atoms with Gasteiger partial charge in [-0.05, 0) is 50.7 Å². The zero-order valence-electron chi connectivity index (χ0n) is 14.3. The van der Waals surface area contributed by atoms with E-state index in [9.17, 15) is 5.11 Å². The van der Waals surface area contributed by atoms with Gasteiger partial charge in [0.25, 0.3) is 0 Å². The zero-order chi connectivity index (χ0) is 17.2. The highest BCUT2D eigenvalue weighted by atomic mass is 16.3. The van der Waals surface area contributed by atoms with Crippen molar-refractivity contribution in [2.75, 3.05) is 25.5 Å². The van der Waals surface area contributed by atoms with Crippen LogP contribution in [0.25, 0.3) is 22.0 Å². The summed E-state index contributed by atoms with van der Waals surface area (Å²) in [6, 6.07) is 15.7. The summed E-state index contributed by atoms with van der Waals surface area (Å²) in [6.45, 7) is 2.18. The zero-order valence-corrected chi connectivity index (χ0v) is 14.3. The molecule has 0 amide bonds. The summed E-state index contributed by atoms with van der Waals surface area (Å²) in [5, 5.41) is 24.2. The first-order chi connectivity index (χ1) is 12.2. The van der Waals surface area contributed by atoms with Gasteiger partial charge in [-0.15, -0.1) is 10.2 Å². The van der Waals surface area contributed by atoms with E-state index < -0.39 is 0 Å². The smallest absolute Gasteiger partial charge is 0.156 e. The molecule has 1 saturated heterocycles. The minimum absolute atomic E-state index is 0.251. The second-order valence-corrected chi connectivity index (χ2v) is 6.74. The summed E-state index contributed by atoms with van der Waals surface area (Å²) >= 11 is 0. The highest BCUT2D eigenvalue weighted by molar-refractivity contribution is 6.00. The number of phenols is 1. The molecule has 5 heteroatoms. The summed E-state index contributed by atoms with van der Waals surface area (Å²) in [7, 11) is 2.16. The molecule has 2 N–H and O–H groups in total. The lowest BCUT2D eigenvalue weighted by atomic mass is 10.0. The Morgan fingerprint density at radius 3 is 2.56 bits per heavy atom. The lowest BCUT2D eigenvalue weighted by Gasteiger charge is -2.30. The quantitative estimate of drug-likeness (QED) is 0.767. The Balaban J connectivity index is 1.73. The van der Waals surface area contributed by atoms with Crippen LogP contribution in [0, 0.1) is 0 Å². The maximum Gasteiger partial charge on any atom is 0.156 e. The van der Waals surface area contributed by atoms with Crippen molar-refractivity contribution >= 4 is 16.6 Å². The second-order valence-electron chi connectivity index (χ2n) is 6.74. The van der Waals surface area contributed by atoms with Gasteiger partial charge >= 0.3 is 0 Å². The van der Waals surface area contributed by atoms with Crippen LogP contribution in [-0.2, 0) is 0 Å². The fourth-order valence-corrected chi connectivity index (χ4v) is 3.52. The van der Waals surface area contributed by atoms with E-state index in [0.29, 0.717) is 6.04 Å². The van der Waals surface area contributed by atoms with Gasteiger partial charge in [0.05, 0.1) is 0 Å². The van der Waals surface area contributed by atoms with Gasteiger partial charge in [0.1, 0.15) is 11.4 Å². The highest BCUT2D eigenvalue weighted by Crippen LogP contribution is 2.31. The highest BCUT2D eigenvalue weighted by Gasteiger charge is 2.19. The summed E-state index contributed by atoms with van der Waals surface area (Å²) in [5.74, 6) is 1.10. The predicted molar refractivity (Wildman–Crippen MR) is 101 cm³/mol. The maximum atomic E-state index is 9.51. The van der Waals surface area contributed by atoms with Crippen molar-refractivity contribution in [3.63, 3.8) is 0 Å². The number of rotatable bonds is 3. The Bertz CT molecular complexity index is 879. The largest absolute Gasteiger partial charge is 0.508 e. The molecule has 1 aromatic heterocycles. The third kappa shape index (κ3) is 3.28. The van der Waals surface area contributed by atoms with Gasteiger partial charge in [-0.25, -0.2) is 0 Å². The molecule has 3 aromatic rings. The van der Waals surface area contributed by atoms with Crippen LogP contribution in [0.4, 0.5) is 5.82 Å². The van der Waals surface area contributed by atoms with E-state index in [1.54, 1.807) is 12.1 Å². The van der Waals surface area contributed by atoms with E-state index in [-0.39, 0.29) is 5.75 Å². The Hall–Kier alpha value is -2.66. The third-order valence-electron chi connectivity index (χ3n) is 4.79. The van der Waals surface area contributed by atoms with Crippen molar-refractivity contribution in [2.45, 2.75) is 18.9 Å². The van der Waals surface area contributed by atoms with Crippen LogP contribution in [-0.4, -0.2) is 46.4 Å². The SMILES string of the molecule is CN1CCCC(Nc2nnc(-c3ccc(O)cc3)c3ccccc23)C1. The maximum absolute atomic E-state index is 9.51. The Morgan fingerprint density at radius 2 is 1.80 bits per heavy atom. The van der Waals surface area contributed by atoms with Crippen LogP contribution >= 0.6 is 0 Å². The molecule has 0 aliphatic carbocycles. The van der Waals surface area contributed by atoms with Crippen molar-refractivity contribution in [3.05, 3.63) is 48.5 Å². The van der Waals surface area contributed by atoms with E-state index in [1.807, 2.05) is 24.3 Å². The summed E-state index contributed by atoms with van der Waals surface area (Å²) in [4.78, 5) is 2.35. The Morgan fingerprint density at radius 1 is 1.04 bits per heavy atom. The number of hydrogen-bond donors (Lipinski definition) is 2. The number of likely N-dealkylation sites (N-methyl/N-ethyl adjacent to an activating group) is 1. The first kappa shape index (κ1) is 15.8. The number of fused-ring (bicyclic) bond motifs is 1.